The number of imidazole rings is 1. The molecule has 0 bridgehead atoms. The fourth-order valence-corrected chi connectivity index (χ4v) is 11.6. The first-order chi connectivity index (χ1) is 32.1. The molecule has 3 unspecified atom stereocenters. The first-order valence-electron chi connectivity index (χ1n) is 23.1. The molecule has 17 heteroatoms. The standard InChI is InChI=1S/C49H46F2N10O5/c1-26-24-49(26,46-53-47(63)66-55-46)59-37-10-6-29(28-15-20-65-21-16-28)22-30(37)23-41(59)45(62)56-17-14-36-42(27(56)2)44(61(54-36)38-11-9-35(50)32-4-3-5-33(32)38)58-19-18-57(48(58)64)40-13-12-39-34(43(40)51)25-52-60(39)31-7-8-31/h6,9-13,18-19,22-23,25-28,31H,3-5,7-8,14-17,20-21,24H2,1-2H3,(H,53,55,63). The van der Waals surface area contributed by atoms with E-state index in [0.717, 1.165) is 48.6 Å². The van der Waals surface area contributed by atoms with Gasteiger partial charge < -0.3 is 14.2 Å². The van der Waals surface area contributed by atoms with E-state index >= 15 is 13.6 Å². The quantitative estimate of drug-likeness (QED) is 0.166. The Labute approximate surface area is 375 Å². The molecule has 13 rings (SSSR count). The van der Waals surface area contributed by atoms with Crippen LogP contribution in [0.5, 0.6) is 0 Å². The molecule has 336 valence electrons. The second-order valence-corrected chi connectivity index (χ2v) is 18.9. The lowest BCUT2D eigenvalue weighted by atomic mass is 9.91. The number of carbonyl (C=O) groups is 1. The van der Waals surface area contributed by atoms with Gasteiger partial charge in [-0.15, -0.1) is 0 Å². The first kappa shape index (κ1) is 39.5. The van der Waals surface area contributed by atoms with Crippen molar-refractivity contribution in [3.8, 4) is 17.2 Å². The molecule has 2 aliphatic heterocycles. The fraction of sp³-hybridized carbons (Fsp3) is 0.388. The second kappa shape index (κ2) is 14.3. The average Bonchev–Trinajstić information content (AvgIpc) is 3.74. The molecule has 2 saturated carbocycles. The van der Waals surface area contributed by atoms with E-state index in [1.165, 1.54) is 27.0 Å². The number of nitrogens with one attached hydrogen (secondary N) is 1. The third-order valence-electron chi connectivity index (χ3n) is 15.3. The van der Waals surface area contributed by atoms with Crippen molar-refractivity contribution < 1.29 is 22.8 Å². The van der Waals surface area contributed by atoms with Gasteiger partial charge in [0.25, 0.3) is 5.91 Å². The zero-order valence-corrected chi connectivity index (χ0v) is 36.5. The van der Waals surface area contributed by atoms with Crippen LogP contribution in [0.25, 0.3) is 39.0 Å². The third-order valence-corrected chi connectivity index (χ3v) is 15.3. The summed E-state index contributed by atoms with van der Waals surface area (Å²) >= 11 is 0. The van der Waals surface area contributed by atoms with Gasteiger partial charge in [-0.2, -0.15) is 10.2 Å². The van der Waals surface area contributed by atoms with E-state index in [0.29, 0.717) is 102 Å². The normalized spacial score (nSPS) is 21.8. The highest BCUT2D eigenvalue weighted by molar-refractivity contribution is 6.00. The highest BCUT2D eigenvalue weighted by Gasteiger charge is 2.59. The average molecular weight is 893 g/mol. The van der Waals surface area contributed by atoms with Crippen molar-refractivity contribution in [1.82, 2.24) is 48.3 Å². The van der Waals surface area contributed by atoms with Gasteiger partial charge in [0.15, 0.2) is 11.6 Å². The van der Waals surface area contributed by atoms with Crippen LogP contribution < -0.4 is 11.4 Å². The summed E-state index contributed by atoms with van der Waals surface area (Å²) in [4.78, 5) is 47.5. The number of halogens is 2. The molecule has 5 aliphatic rings. The smallest absolute Gasteiger partial charge is 0.381 e. The molecule has 1 saturated heterocycles. The summed E-state index contributed by atoms with van der Waals surface area (Å²) in [6.07, 6.45) is 11.5. The van der Waals surface area contributed by atoms with E-state index in [1.807, 2.05) is 27.1 Å². The molecule has 1 amide bonds. The Kier molecular flexibility index (Phi) is 8.56. The number of fused-ring (bicyclic) bond motifs is 4. The molecule has 66 heavy (non-hydrogen) atoms. The lowest BCUT2D eigenvalue weighted by Crippen LogP contribution is -2.41. The molecule has 15 nitrogen and oxygen atoms in total. The summed E-state index contributed by atoms with van der Waals surface area (Å²) in [6.45, 7) is 5.72. The van der Waals surface area contributed by atoms with Crippen LogP contribution in [-0.4, -0.2) is 74.0 Å². The van der Waals surface area contributed by atoms with Gasteiger partial charge >= 0.3 is 11.4 Å². The zero-order valence-electron chi connectivity index (χ0n) is 36.5. The van der Waals surface area contributed by atoms with Crippen LogP contribution in [0.3, 0.4) is 0 Å². The number of ether oxygens (including phenoxy) is 1. The van der Waals surface area contributed by atoms with Gasteiger partial charge in [0.05, 0.1) is 46.3 Å². The van der Waals surface area contributed by atoms with Crippen molar-refractivity contribution in [2.24, 2.45) is 5.92 Å². The molecule has 3 fully saturated rings. The predicted molar refractivity (Wildman–Crippen MR) is 238 cm³/mol. The SMILES string of the molecule is CC1c2c(nn(-c3ccc(F)c4c3CCC4)c2-n2ccn(-c3ccc4c(cnn4C4CC4)c3F)c2=O)CCN1C(=O)c1cc2cc(C3CCOCC3)ccc2n1C1(c2noc(=O)[nH]2)CC1C. The maximum atomic E-state index is 16.4. The van der Waals surface area contributed by atoms with Crippen LogP contribution in [0.2, 0.25) is 0 Å². The van der Waals surface area contributed by atoms with Gasteiger partial charge in [-0.1, -0.05) is 18.1 Å². The molecular formula is C49H46F2N10O5. The number of aromatic amines is 1. The molecule has 3 atom stereocenters. The van der Waals surface area contributed by atoms with E-state index in [2.05, 4.69) is 40.4 Å². The summed E-state index contributed by atoms with van der Waals surface area (Å²) in [5.74, 6) is -0.634. The predicted octanol–water partition coefficient (Wildman–Crippen LogP) is 7.33. The number of hydrogen-bond acceptors (Lipinski definition) is 8. The molecule has 1 N–H and O–H groups in total. The first-order valence-corrected chi connectivity index (χ1v) is 23.1. The Morgan fingerprint density at radius 1 is 0.894 bits per heavy atom. The number of amides is 1. The number of benzene rings is 3. The van der Waals surface area contributed by atoms with Crippen LogP contribution in [-0.2, 0) is 29.5 Å². The van der Waals surface area contributed by atoms with Gasteiger partial charge in [0, 0.05) is 55.0 Å². The largest absolute Gasteiger partial charge is 0.438 e. The Morgan fingerprint density at radius 2 is 1.67 bits per heavy atom. The van der Waals surface area contributed by atoms with E-state index in [1.54, 1.807) is 35.3 Å². The minimum absolute atomic E-state index is 0.0130. The van der Waals surface area contributed by atoms with Crippen molar-refractivity contribution in [1.29, 1.82) is 0 Å². The lowest BCUT2D eigenvalue weighted by molar-refractivity contribution is 0.0663. The highest BCUT2D eigenvalue weighted by atomic mass is 19.1. The van der Waals surface area contributed by atoms with E-state index < -0.39 is 28.8 Å². The van der Waals surface area contributed by atoms with Crippen LogP contribution in [0.1, 0.15) is 115 Å². The second-order valence-electron chi connectivity index (χ2n) is 18.9. The van der Waals surface area contributed by atoms with Crippen LogP contribution in [0.4, 0.5) is 8.78 Å². The van der Waals surface area contributed by atoms with E-state index in [9.17, 15) is 9.59 Å². The molecule has 8 aromatic rings. The summed E-state index contributed by atoms with van der Waals surface area (Å²) < 4.78 is 50.8. The van der Waals surface area contributed by atoms with Crippen molar-refractivity contribution in [2.45, 2.75) is 95.2 Å². The van der Waals surface area contributed by atoms with E-state index in [-0.39, 0.29) is 29.4 Å². The number of H-pyrrole nitrogens is 1. The molecule has 3 aliphatic carbocycles. The van der Waals surface area contributed by atoms with Crippen molar-refractivity contribution in [2.75, 3.05) is 19.8 Å². The summed E-state index contributed by atoms with van der Waals surface area (Å²) in [5, 5.41) is 15.0. The van der Waals surface area contributed by atoms with Crippen molar-refractivity contribution in [3.05, 3.63) is 139 Å². The van der Waals surface area contributed by atoms with E-state index in [4.69, 9.17) is 14.4 Å². The third kappa shape index (κ3) is 5.67. The minimum Gasteiger partial charge on any atom is -0.381 e. The summed E-state index contributed by atoms with van der Waals surface area (Å²) in [7, 11) is 0. The summed E-state index contributed by atoms with van der Waals surface area (Å²) in [6, 6.07) is 14.5. The number of nitrogens with zero attached hydrogens (tertiary/aromatic N) is 9. The molecule has 7 heterocycles. The zero-order chi connectivity index (χ0) is 44.7. The van der Waals surface area contributed by atoms with Crippen molar-refractivity contribution in [3.63, 3.8) is 0 Å². The maximum Gasteiger partial charge on any atom is 0.438 e. The molecule has 0 spiro atoms. The molecule has 0 radical (unpaired) electrons. The lowest BCUT2D eigenvalue weighted by Gasteiger charge is -2.34. The topological polar surface area (TPSA) is 156 Å². The van der Waals surface area contributed by atoms with Crippen LogP contribution >= 0.6 is 0 Å². The Bertz CT molecular complexity index is 3450. The van der Waals surface area contributed by atoms with Crippen molar-refractivity contribution >= 4 is 27.7 Å². The monoisotopic (exact) mass is 892 g/mol. The molecule has 3 aromatic carbocycles. The van der Waals surface area contributed by atoms with Gasteiger partial charge in [-0.3, -0.25) is 28.1 Å². The Hall–Kier alpha value is -6.88. The minimum atomic E-state index is -0.840. The van der Waals surface area contributed by atoms with Crippen LogP contribution in [0.15, 0.2) is 81.2 Å². The molecular weight excluding hydrogens is 847 g/mol. The highest BCUT2D eigenvalue weighted by Crippen LogP contribution is 2.56. The fourth-order valence-electron chi connectivity index (χ4n) is 11.6. The maximum absolute atomic E-state index is 16.4. The Balaban J connectivity index is 0.957. The number of rotatable bonds is 8. The molecule has 5 aromatic heterocycles. The van der Waals surface area contributed by atoms with Crippen LogP contribution in [0, 0.1) is 17.6 Å². The van der Waals surface area contributed by atoms with Gasteiger partial charge in [0.2, 0.25) is 0 Å². The van der Waals surface area contributed by atoms with Gasteiger partial charge in [-0.25, -0.2) is 23.1 Å². The van der Waals surface area contributed by atoms with Gasteiger partial charge in [0.1, 0.15) is 22.9 Å². The number of aromatic nitrogens is 9. The number of hydrogen-bond donors (Lipinski definition) is 1. The Morgan fingerprint density at radius 3 is 2.44 bits per heavy atom. The van der Waals surface area contributed by atoms with Gasteiger partial charge in [-0.05, 0) is 129 Å². The summed E-state index contributed by atoms with van der Waals surface area (Å²) in [5.41, 5.74) is 5.31. The number of carbonyl (C=O) groups excluding carboxylic acids is 1.